The number of anilines is 1. The third-order valence-electron chi connectivity index (χ3n) is 3.99. The molecule has 0 saturated carbocycles. The van der Waals surface area contributed by atoms with Crippen molar-refractivity contribution in [2.45, 2.75) is 11.8 Å². The SMILES string of the molecule is Cc1ccc(-c2csc(/C(C#N)=C/Nc3ccc(S(=O)(=O)NC(N)=O)cc3)n2)cc1. The summed E-state index contributed by atoms with van der Waals surface area (Å²) in [5, 5.41) is 14.9. The molecule has 0 radical (unpaired) electrons. The van der Waals surface area contributed by atoms with Crippen LogP contribution in [0.3, 0.4) is 0 Å². The number of hydrogen-bond donors (Lipinski definition) is 3. The molecular weight excluding hydrogens is 422 g/mol. The number of aryl methyl sites for hydroxylation is 1. The van der Waals surface area contributed by atoms with E-state index in [4.69, 9.17) is 5.73 Å². The topological polar surface area (TPSA) is 138 Å². The van der Waals surface area contributed by atoms with Crippen molar-refractivity contribution in [2.24, 2.45) is 5.73 Å². The number of nitriles is 1. The molecule has 0 spiro atoms. The molecule has 30 heavy (non-hydrogen) atoms. The zero-order chi connectivity index (χ0) is 21.7. The highest BCUT2D eigenvalue weighted by Crippen LogP contribution is 2.26. The lowest BCUT2D eigenvalue weighted by atomic mass is 10.1. The van der Waals surface area contributed by atoms with Gasteiger partial charge in [0, 0.05) is 22.8 Å². The number of aromatic nitrogens is 1. The lowest BCUT2D eigenvalue weighted by Crippen LogP contribution is -2.34. The lowest BCUT2D eigenvalue weighted by molar-refractivity contribution is 0.253. The van der Waals surface area contributed by atoms with Crippen LogP contribution in [0, 0.1) is 18.3 Å². The molecule has 3 aromatic rings. The smallest absolute Gasteiger partial charge is 0.326 e. The molecule has 0 aliphatic heterocycles. The van der Waals surface area contributed by atoms with Crippen molar-refractivity contribution in [1.82, 2.24) is 9.71 Å². The average molecular weight is 440 g/mol. The van der Waals surface area contributed by atoms with Crippen LogP contribution in [0.1, 0.15) is 10.6 Å². The van der Waals surface area contributed by atoms with Crippen molar-refractivity contribution in [2.75, 3.05) is 5.32 Å². The van der Waals surface area contributed by atoms with E-state index in [0.717, 1.165) is 16.8 Å². The Morgan fingerprint density at radius 1 is 1.17 bits per heavy atom. The largest absolute Gasteiger partial charge is 0.360 e. The van der Waals surface area contributed by atoms with Crippen molar-refractivity contribution >= 4 is 38.7 Å². The van der Waals surface area contributed by atoms with Crippen LogP contribution in [0.2, 0.25) is 0 Å². The second-order valence-corrected chi connectivity index (χ2v) is 8.75. The highest BCUT2D eigenvalue weighted by atomic mass is 32.2. The highest BCUT2D eigenvalue weighted by Gasteiger charge is 2.15. The summed E-state index contributed by atoms with van der Waals surface area (Å²) in [6, 6.07) is 14.5. The average Bonchev–Trinajstić information content (AvgIpc) is 3.18. The maximum atomic E-state index is 11.9. The number of thiazole rings is 1. The predicted octanol–water partition coefficient (Wildman–Crippen LogP) is 3.45. The molecule has 2 aromatic carbocycles. The van der Waals surface area contributed by atoms with E-state index >= 15 is 0 Å². The first-order chi connectivity index (χ1) is 14.3. The number of urea groups is 1. The van der Waals surface area contributed by atoms with Gasteiger partial charge >= 0.3 is 6.03 Å². The number of benzene rings is 2. The molecule has 0 bridgehead atoms. The molecule has 0 fully saturated rings. The molecule has 3 rings (SSSR count). The Morgan fingerprint density at radius 3 is 2.43 bits per heavy atom. The fourth-order valence-corrected chi connectivity index (χ4v) is 4.15. The number of sulfonamides is 1. The maximum Gasteiger partial charge on any atom is 0.326 e. The molecule has 1 heterocycles. The van der Waals surface area contributed by atoms with Gasteiger partial charge in [-0.1, -0.05) is 29.8 Å². The van der Waals surface area contributed by atoms with Crippen LogP contribution in [-0.2, 0) is 10.0 Å². The fraction of sp³-hybridized carbons (Fsp3) is 0.0500. The quantitative estimate of drug-likeness (QED) is 0.503. The van der Waals surface area contributed by atoms with Crippen molar-refractivity contribution in [3.05, 3.63) is 70.7 Å². The van der Waals surface area contributed by atoms with Gasteiger partial charge in [0.25, 0.3) is 10.0 Å². The van der Waals surface area contributed by atoms with Crippen LogP contribution in [-0.4, -0.2) is 19.4 Å². The van der Waals surface area contributed by atoms with Gasteiger partial charge < -0.3 is 11.1 Å². The van der Waals surface area contributed by atoms with Crippen molar-refractivity contribution in [3.8, 4) is 17.3 Å². The number of nitrogens with two attached hydrogens (primary N) is 1. The fourth-order valence-electron chi connectivity index (χ4n) is 2.47. The number of hydrogen-bond acceptors (Lipinski definition) is 7. The molecular formula is C20H17N5O3S2. The van der Waals surface area contributed by atoms with E-state index in [9.17, 15) is 18.5 Å². The van der Waals surface area contributed by atoms with Gasteiger partial charge in [-0.15, -0.1) is 11.3 Å². The predicted molar refractivity (Wildman–Crippen MR) is 116 cm³/mol. The van der Waals surface area contributed by atoms with Gasteiger partial charge in [0.05, 0.1) is 10.6 Å². The lowest BCUT2D eigenvalue weighted by Gasteiger charge is -2.06. The first-order valence-electron chi connectivity index (χ1n) is 8.60. The van der Waals surface area contributed by atoms with E-state index in [0.29, 0.717) is 16.3 Å². The van der Waals surface area contributed by atoms with Crippen LogP contribution in [0.4, 0.5) is 10.5 Å². The van der Waals surface area contributed by atoms with Crippen LogP contribution in [0.25, 0.3) is 16.8 Å². The Kier molecular flexibility index (Phi) is 6.15. The summed E-state index contributed by atoms with van der Waals surface area (Å²) in [5.41, 5.74) is 8.65. The van der Waals surface area contributed by atoms with E-state index in [1.165, 1.54) is 41.8 Å². The van der Waals surface area contributed by atoms with Gasteiger partial charge in [-0.2, -0.15) is 5.26 Å². The van der Waals surface area contributed by atoms with Crippen LogP contribution < -0.4 is 15.8 Å². The second kappa shape index (κ2) is 8.77. The summed E-state index contributed by atoms with van der Waals surface area (Å²) >= 11 is 1.35. The molecule has 1 aromatic heterocycles. The summed E-state index contributed by atoms with van der Waals surface area (Å²) in [4.78, 5) is 15.2. The van der Waals surface area contributed by atoms with Crippen LogP contribution in [0.5, 0.6) is 0 Å². The standard InChI is InChI=1S/C20H17N5O3S2/c1-13-2-4-14(5-3-13)18-12-29-19(24-18)15(10-21)11-23-16-6-8-17(9-7-16)30(27,28)25-20(22)26/h2-9,11-12,23H,1H3,(H3,22,25,26)/b15-11+. The number of nitrogens with zero attached hydrogens (tertiary/aromatic N) is 2. The number of carbonyl (C=O) groups is 1. The molecule has 0 saturated heterocycles. The maximum absolute atomic E-state index is 11.9. The summed E-state index contributed by atoms with van der Waals surface area (Å²) in [7, 11) is -4.01. The second-order valence-electron chi connectivity index (χ2n) is 6.21. The molecule has 0 aliphatic carbocycles. The number of amides is 2. The minimum absolute atomic E-state index is 0.112. The number of nitrogens with one attached hydrogen (secondary N) is 2. The van der Waals surface area contributed by atoms with Gasteiger partial charge in [0.2, 0.25) is 0 Å². The number of allylic oxidation sites excluding steroid dienone is 1. The van der Waals surface area contributed by atoms with E-state index in [2.05, 4.69) is 16.4 Å². The Labute approximate surface area is 177 Å². The molecule has 0 unspecified atom stereocenters. The number of carbonyl (C=O) groups excluding carboxylic acids is 1. The molecule has 4 N–H and O–H groups in total. The zero-order valence-electron chi connectivity index (χ0n) is 15.8. The molecule has 10 heteroatoms. The first kappa shape index (κ1) is 21.0. The monoisotopic (exact) mass is 439 g/mol. The van der Waals surface area contributed by atoms with E-state index in [1.54, 1.807) is 4.72 Å². The van der Waals surface area contributed by atoms with Gasteiger partial charge in [0.15, 0.2) is 0 Å². The molecule has 2 amide bonds. The summed E-state index contributed by atoms with van der Waals surface area (Å²) in [6.07, 6.45) is 1.50. The highest BCUT2D eigenvalue weighted by molar-refractivity contribution is 7.90. The third-order valence-corrected chi connectivity index (χ3v) is 6.22. The van der Waals surface area contributed by atoms with E-state index < -0.39 is 16.1 Å². The normalized spacial score (nSPS) is 11.5. The van der Waals surface area contributed by atoms with Gasteiger partial charge in [-0.05, 0) is 31.2 Å². The van der Waals surface area contributed by atoms with Gasteiger partial charge in [0.1, 0.15) is 16.6 Å². The van der Waals surface area contributed by atoms with Crippen LogP contribution in [0.15, 0.2) is 65.0 Å². The third kappa shape index (κ3) is 5.02. The van der Waals surface area contributed by atoms with Crippen molar-refractivity contribution < 1.29 is 13.2 Å². The summed E-state index contributed by atoms with van der Waals surface area (Å²) < 4.78 is 25.5. The zero-order valence-corrected chi connectivity index (χ0v) is 17.4. The van der Waals surface area contributed by atoms with Crippen molar-refractivity contribution in [1.29, 1.82) is 5.26 Å². The molecule has 0 aliphatic rings. The summed E-state index contributed by atoms with van der Waals surface area (Å²) in [5.74, 6) is 0. The Balaban J connectivity index is 1.76. The summed E-state index contributed by atoms with van der Waals surface area (Å²) in [6.45, 7) is 2.01. The molecule has 8 nitrogen and oxygen atoms in total. The Morgan fingerprint density at radius 2 is 1.83 bits per heavy atom. The Bertz CT molecular complexity index is 1240. The number of rotatable bonds is 6. The van der Waals surface area contributed by atoms with E-state index in [-0.39, 0.29) is 4.90 Å². The molecule has 152 valence electrons. The van der Waals surface area contributed by atoms with Crippen molar-refractivity contribution in [3.63, 3.8) is 0 Å². The van der Waals surface area contributed by atoms with Gasteiger partial charge in [-0.25, -0.2) is 22.9 Å². The molecule has 0 atom stereocenters. The first-order valence-corrected chi connectivity index (χ1v) is 11.0. The van der Waals surface area contributed by atoms with E-state index in [1.807, 2.05) is 36.6 Å². The minimum Gasteiger partial charge on any atom is -0.360 e. The Hall–Kier alpha value is -3.68. The van der Waals surface area contributed by atoms with Gasteiger partial charge in [-0.3, -0.25) is 0 Å². The van der Waals surface area contributed by atoms with Crippen LogP contribution >= 0.6 is 11.3 Å². The minimum atomic E-state index is -4.01. The number of primary amides is 1.